The molecule has 2 fully saturated rings. The molecule has 2 saturated heterocycles. The standard InChI is InChI=1S/C19H25N5O3.C5H10O2.O2S/c1-11-4-5-16(12(2)22-11)24-18-17(25-3)19(21-10-20-18)27-15-6-13-8-26-9-14(7-15)23-13;1-5(2,3)7-4-6;1-3-2/h4-5,10,13-15,23H,6-9H2,1-3H3,(H,20,21,24);4H,1-3H3;. The van der Waals surface area contributed by atoms with E-state index in [1.807, 2.05) is 46.8 Å². The second kappa shape index (κ2) is 14.5. The lowest BCUT2D eigenvalue weighted by Crippen LogP contribution is -2.56. The smallest absolute Gasteiger partial charge is 0.335 e. The Balaban J connectivity index is 0.000000413. The normalized spacial score (nSPS) is 20.1. The minimum Gasteiger partial charge on any atom is -0.489 e. The Morgan fingerprint density at radius 2 is 1.78 bits per heavy atom. The Labute approximate surface area is 220 Å². The van der Waals surface area contributed by atoms with Crippen LogP contribution in [0.25, 0.3) is 0 Å². The average molecular weight is 538 g/mol. The molecule has 2 atom stereocenters. The molecule has 13 heteroatoms. The van der Waals surface area contributed by atoms with Gasteiger partial charge in [-0.3, -0.25) is 9.78 Å². The lowest BCUT2D eigenvalue weighted by atomic mass is 9.95. The number of carbonyl (C=O) groups excluding carboxylic acids is 1. The molecular formula is C24H35N5O7S. The molecule has 2 aliphatic heterocycles. The quantitative estimate of drug-likeness (QED) is 0.521. The van der Waals surface area contributed by atoms with Crippen molar-refractivity contribution in [3.63, 3.8) is 0 Å². The number of piperidine rings is 1. The van der Waals surface area contributed by atoms with Gasteiger partial charge in [-0.15, -0.1) is 0 Å². The van der Waals surface area contributed by atoms with Crippen molar-refractivity contribution < 1.29 is 32.2 Å². The van der Waals surface area contributed by atoms with Crippen LogP contribution in [0.2, 0.25) is 0 Å². The van der Waals surface area contributed by atoms with E-state index in [-0.39, 0.29) is 11.7 Å². The molecule has 204 valence electrons. The van der Waals surface area contributed by atoms with Crippen molar-refractivity contribution in [2.24, 2.45) is 0 Å². The van der Waals surface area contributed by atoms with Gasteiger partial charge in [0.05, 0.1) is 31.7 Å². The van der Waals surface area contributed by atoms with Gasteiger partial charge < -0.3 is 29.6 Å². The highest BCUT2D eigenvalue weighted by Gasteiger charge is 2.34. The summed E-state index contributed by atoms with van der Waals surface area (Å²) in [5.74, 6) is 1.52. The molecule has 0 aromatic carbocycles. The molecule has 2 bridgehead atoms. The molecule has 2 N–H and O–H groups in total. The Kier molecular flexibility index (Phi) is 11.8. The fourth-order valence-electron chi connectivity index (χ4n) is 3.84. The van der Waals surface area contributed by atoms with Gasteiger partial charge in [0.2, 0.25) is 5.75 Å². The molecule has 2 aromatic heterocycles. The molecule has 2 unspecified atom stereocenters. The maximum absolute atomic E-state index is 9.60. The third kappa shape index (κ3) is 10.0. The average Bonchev–Trinajstić information content (AvgIpc) is 2.81. The van der Waals surface area contributed by atoms with Gasteiger partial charge in [-0.1, -0.05) is 0 Å². The predicted octanol–water partition coefficient (Wildman–Crippen LogP) is 2.43. The second-order valence-corrected chi connectivity index (χ2v) is 9.61. The summed E-state index contributed by atoms with van der Waals surface area (Å²) in [6.07, 6.45) is 3.33. The molecule has 0 radical (unpaired) electrons. The first-order valence-electron chi connectivity index (χ1n) is 11.7. The summed E-state index contributed by atoms with van der Waals surface area (Å²) in [6, 6.07) is 4.59. The zero-order valence-electron chi connectivity index (χ0n) is 22.0. The number of anilines is 2. The van der Waals surface area contributed by atoms with Crippen LogP contribution >= 0.6 is 0 Å². The Bertz CT molecular complexity index is 1050. The number of hydrogen-bond acceptors (Lipinski definition) is 12. The minimum absolute atomic E-state index is 0.0737. The number of aromatic nitrogens is 3. The second-order valence-electron chi connectivity index (χ2n) is 9.48. The zero-order chi connectivity index (χ0) is 27.4. The molecule has 0 amide bonds. The number of carbonyl (C=O) groups is 1. The third-order valence-electron chi connectivity index (χ3n) is 5.34. The predicted molar refractivity (Wildman–Crippen MR) is 137 cm³/mol. The van der Waals surface area contributed by atoms with Gasteiger partial charge in [-0.25, -0.2) is 4.98 Å². The Morgan fingerprint density at radius 1 is 1.14 bits per heavy atom. The van der Waals surface area contributed by atoms with Crippen LogP contribution in [0.1, 0.15) is 45.0 Å². The molecule has 12 nitrogen and oxygen atoms in total. The summed E-state index contributed by atoms with van der Waals surface area (Å²) >= 11 is -0.750. The van der Waals surface area contributed by atoms with Crippen LogP contribution in [0.4, 0.5) is 11.5 Å². The van der Waals surface area contributed by atoms with Crippen molar-refractivity contribution in [1.82, 2.24) is 20.3 Å². The molecular weight excluding hydrogens is 502 g/mol. The fourth-order valence-corrected chi connectivity index (χ4v) is 3.84. The van der Waals surface area contributed by atoms with E-state index in [2.05, 4.69) is 30.3 Å². The van der Waals surface area contributed by atoms with Gasteiger partial charge >= 0.3 is 11.6 Å². The maximum Gasteiger partial charge on any atom is 0.335 e. The van der Waals surface area contributed by atoms with Crippen LogP contribution < -0.4 is 20.1 Å². The van der Waals surface area contributed by atoms with Crippen LogP contribution in [0.5, 0.6) is 11.6 Å². The van der Waals surface area contributed by atoms with Crippen LogP contribution in [0, 0.1) is 13.8 Å². The van der Waals surface area contributed by atoms with Crippen molar-refractivity contribution >= 4 is 29.5 Å². The van der Waals surface area contributed by atoms with E-state index in [1.165, 1.54) is 6.33 Å². The van der Waals surface area contributed by atoms with Crippen molar-refractivity contribution in [2.75, 3.05) is 25.6 Å². The lowest BCUT2D eigenvalue weighted by molar-refractivity contribution is -0.138. The van der Waals surface area contributed by atoms with Crippen molar-refractivity contribution in [2.45, 2.75) is 71.2 Å². The molecule has 4 rings (SSSR count). The minimum atomic E-state index is -0.750. The van der Waals surface area contributed by atoms with E-state index in [4.69, 9.17) is 22.6 Å². The third-order valence-corrected chi connectivity index (χ3v) is 5.34. The highest BCUT2D eigenvalue weighted by Crippen LogP contribution is 2.35. The summed E-state index contributed by atoms with van der Waals surface area (Å²) < 4.78 is 38.5. The number of nitrogens with zero attached hydrogens (tertiary/aromatic N) is 3. The monoisotopic (exact) mass is 537 g/mol. The Hall–Kier alpha value is -3.16. The van der Waals surface area contributed by atoms with E-state index >= 15 is 0 Å². The van der Waals surface area contributed by atoms with Gasteiger partial charge in [0.25, 0.3) is 12.4 Å². The fraction of sp³-hybridized carbons (Fsp3) is 0.583. The molecule has 0 saturated carbocycles. The summed E-state index contributed by atoms with van der Waals surface area (Å²) in [5, 5.41) is 6.85. The molecule has 2 aliphatic rings. The number of morpholine rings is 1. The number of rotatable bonds is 6. The number of methoxy groups -OCH3 is 1. The first kappa shape index (κ1) is 30.1. The van der Waals surface area contributed by atoms with E-state index in [0.717, 1.165) is 43.1 Å². The highest BCUT2D eigenvalue weighted by molar-refractivity contribution is 7.51. The van der Waals surface area contributed by atoms with Gasteiger partial charge in [-0.05, 0) is 46.8 Å². The first-order valence-corrected chi connectivity index (χ1v) is 12.4. The maximum atomic E-state index is 9.60. The van der Waals surface area contributed by atoms with E-state index in [0.29, 0.717) is 36.0 Å². The molecule has 0 spiro atoms. The highest BCUT2D eigenvalue weighted by atomic mass is 32.1. The first-order chi connectivity index (χ1) is 17.6. The molecule has 0 aliphatic carbocycles. The van der Waals surface area contributed by atoms with Gasteiger partial charge in [-0.2, -0.15) is 13.4 Å². The number of aryl methyl sites for hydroxylation is 2. The van der Waals surface area contributed by atoms with Gasteiger partial charge in [0.1, 0.15) is 18.0 Å². The van der Waals surface area contributed by atoms with Crippen LogP contribution in [-0.2, 0) is 25.8 Å². The Morgan fingerprint density at radius 3 is 2.30 bits per heavy atom. The summed E-state index contributed by atoms with van der Waals surface area (Å²) in [5.41, 5.74) is 2.42. The number of hydrogen-bond donors (Lipinski definition) is 2. The van der Waals surface area contributed by atoms with Crippen LogP contribution in [-0.4, -0.2) is 74.0 Å². The van der Waals surface area contributed by atoms with E-state index in [1.54, 1.807) is 7.11 Å². The molecule has 2 aromatic rings. The van der Waals surface area contributed by atoms with Crippen LogP contribution in [0.3, 0.4) is 0 Å². The number of ether oxygens (including phenoxy) is 4. The van der Waals surface area contributed by atoms with Gasteiger partial charge in [0.15, 0.2) is 5.82 Å². The topological polar surface area (TPSA) is 151 Å². The van der Waals surface area contributed by atoms with Gasteiger partial charge in [0, 0.05) is 30.6 Å². The zero-order valence-corrected chi connectivity index (χ0v) is 22.8. The van der Waals surface area contributed by atoms with Crippen LogP contribution in [0.15, 0.2) is 18.5 Å². The number of pyridine rings is 1. The largest absolute Gasteiger partial charge is 0.489 e. The number of nitrogens with one attached hydrogen (secondary N) is 2. The van der Waals surface area contributed by atoms with E-state index < -0.39 is 11.6 Å². The van der Waals surface area contributed by atoms with Crippen molar-refractivity contribution in [3.05, 3.63) is 29.8 Å². The van der Waals surface area contributed by atoms with E-state index in [9.17, 15) is 4.79 Å². The van der Waals surface area contributed by atoms with Crippen molar-refractivity contribution in [3.8, 4) is 11.6 Å². The van der Waals surface area contributed by atoms with Crippen molar-refractivity contribution in [1.29, 1.82) is 0 Å². The number of fused-ring (bicyclic) bond motifs is 2. The lowest BCUT2D eigenvalue weighted by Gasteiger charge is -2.39. The summed E-state index contributed by atoms with van der Waals surface area (Å²) in [7, 11) is 1.60. The molecule has 37 heavy (non-hydrogen) atoms. The molecule has 4 heterocycles. The SMILES string of the molecule is CC(C)(C)OC=O.COc1c(Nc2ccc(C)nc2C)ncnc1OC1CC2COCC(C1)N2.O=S=O. The summed E-state index contributed by atoms with van der Waals surface area (Å²) in [6.45, 7) is 11.3. The summed E-state index contributed by atoms with van der Waals surface area (Å²) in [4.78, 5) is 22.7.